The van der Waals surface area contributed by atoms with Crippen LogP contribution in [-0.2, 0) is 10.8 Å². The highest BCUT2D eigenvalue weighted by Gasteiger charge is 2.25. The number of hydrogen-bond donors (Lipinski definition) is 2. The number of nitrogens with one attached hydrogen (secondary N) is 1. The lowest BCUT2D eigenvalue weighted by Gasteiger charge is -2.13. The van der Waals surface area contributed by atoms with Crippen molar-refractivity contribution in [3.63, 3.8) is 0 Å². The first kappa shape index (κ1) is 22.8. The second-order valence-electron chi connectivity index (χ2n) is 8.58. The van der Waals surface area contributed by atoms with Gasteiger partial charge in [-0.25, -0.2) is 9.37 Å². The molecule has 1 heterocycles. The van der Waals surface area contributed by atoms with Crippen LogP contribution >= 0.6 is 23.2 Å². The molecule has 33 heavy (non-hydrogen) atoms. The Hall–Kier alpha value is -1.99. The topological polar surface area (TPSA) is 66.0 Å². The predicted octanol–water partition coefficient (Wildman–Crippen LogP) is 6.54. The van der Waals surface area contributed by atoms with E-state index in [2.05, 4.69) is 9.97 Å². The summed E-state index contributed by atoms with van der Waals surface area (Å²) in [5.74, 6) is 1.15. The molecule has 0 amide bonds. The first-order valence-electron chi connectivity index (χ1n) is 11.0. The second kappa shape index (κ2) is 9.34. The Morgan fingerprint density at radius 2 is 2.00 bits per heavy atom. The van der Waals surface area contributed by atoms with Crippen LogP contribution in [0.1, 0.15) is 48.6 Å². The van der Waals surface area contributed by atoms with Crippen LogP contribution in [0.25, 0.3) is 16.6 Å². The van der Waals surface area contributed by atoms with Gasteiger partial charge < -0.3 is 10.1 Å². The Bertz CT molecular complexity index is 1300. The van der Waals surface area contributed by atoms with Crippen LogP contribution in [0, 0.1) is 5.92 Å². The molecular formula is C25H23Cl2FN2O2S. The van der Waals surface area contributed by atoms with Gasteiger partial charge in [0.1, 0.15) is 17.2 Å². The summed E-state index contributed by atoms with van der Waals surface area (Å²) in [5, 5.41) is 10.7. The van der Waals surface area contributed by atoms with Crippen LogP contribution < -0.4 is 0 Å². The number of aromatic amines is 1. The van der Waals surface area contributed by atoms with Gasteiger partial charge in [-0.15, -0.1) is 0 Å². The number of hydrogen-bond acceptors (Lipinski definition) is 3. The maximum absolute atomic E-state index is 14.5. The van der Waals surface area contributed by atoms with Crippen LogP contribution in [-0.4, -0.2) is 31.6 Å². The molecular weight excluding hydrogens is 482 g/mol. The monoisotopic (exact) mass is 504 g/mol. The fourth-order valence-electron chi connectivity index (χ4n) is 4.16. The third-order valence-corrected chi connectivity index (χ3v) is 8.44. The van der Waals surface area contributed by atoms with E-state index < -0.39 is 16.7 Å². The SMILES string of the molecule is O=S(CC1CC1)c1ccc(C(CO)c2nc3c(Cl)c(C4=C(F)CCC=C4)c(Cl)cc3[nH]2)cc1. The van der Waals surface area contributed by atoms with Crippen molar-refractivity contribution in [3.05, 3.63) is 75.3 Å². The van der Waals surface area contributed by atoms with Gasteiger partial charge >= 0.3 is 0 Å². The normalized spacial score (nSPS) is 18.2. The first-order valence-corrected chi connectivity index (χ1v) is 13.1. The predicted molar refractivity (Wildman–Crippen MR) is 132 cm³/mol. The van der Waals surface area contributed by atoms with Crippen molar-refractivity contribution in [2.45, 2.75) is 36.5 Å². The number of H-pyrrole nitrogens is 1. The highest BCUT2D eigenvalue weighted by atomic mass is 35.5. The van der Waals surface area contributed by atoms with Crippen molar-refractivity contribution in [1.82, 2.24) is 9.97 Å². The molecule has 0 aliphatic heterocycles. The Morgan fingerprint density at radius 1 is 1.24 bits per heavy atom. The molecule has 2 aliphatic rings. The third-order valence-electron chi connectivity index (χ3n) is 6.21. The minimum absolute atomic E-state index is 0.176. The molecule has 1 aromatic heterocycles. The molecule has 4 nitrogen and oxygen atoms in total. The minimum Gasteiger partial charge on any atom is -0.395 e. The zero-order chi connectivity index (χ0) is 23.1. The Kier molecular flexibility index (Phi) is 6.45. The maximum atomic E-state index is 14.5. The van der Waals surface area contributed by atoms with E-state index in [0.717, 1.165) is 23.3 Å². The van der Waals surface area contributed by atoms with Crippen LogP contribution in [0.2, 0.25) is 10.0 Å². The average Bonchev–Trinajstić information content (AvgIpc) is 3.52. The highest BCUT2D eigenvalue weighted by molar-refractivity contribution is 7.85. The van der Waals surface area contributed by atoms with E-state index in [4.69, 9.17) is 23.2 Å². The molecule has 1 fully saturated rings. The Labute approximate surface area is 204 Å². The molecule has 0 saturated heterocycles. The van der Waals surface area contributed by atoms with E-state index in [9.17, 15) is 13.7 Å². The van der Waals surface area contributed by atoms with Gasteiger partial charge in [0, 0.05) is 28.2 Å². The lowest BCUT2D eigenvalue weighted by molar-refractivity contribution is 0.277. The molecule has 172 valence electrons. The minimum atomic E-state index is -1.00. The van der Waals surface area contributed by atoms with E-state index in [1.165, 1.54) is 0 Å². The van der Waals surface area contributed by atoms with Crippen LogP contribution in [0.5, 0.6) is 0 Å². The molecule has 2 N–H and O–H groups in total. The zero-order valence-corrected chi connectivity index (χ0v) is 20.1. The molecule has 0 bridgehead atoms. The van der Waals surface area contributed by atoms with Gasteiger partial charge in [-0.3, -0.25) is 4.21 Å². The largest absolute Gasteiger partial charge is 0.395 e. The van der Waals surface area contributed by atoms with E-state index >= 15 is 0 Å². The Balaban J connectivity index is 1.49. The molecule has 5 rings (SSSR count). The summed E-state index contributed by atoms with van der Waals surface area (Å²) in [4.78, 5) is 8.66. The van der Waals surface area contributed by atoms with E-state index in [0.29, 0.717) is 57.5 Å². The van der Waals surface area contributed by atoms with Crippen molar-refractivity contribution >= 4 is 50.6 Å². The summed E-state index contributed by atoms with van der Waals surface area (Å²) in [6.45, 7) is -0.176. The summed E-state index contributed by atoms with van der Waals surface area (Å²) in [6.07, 6.45) is 6.89. The summed E-state index contributed by atoms with van der Waals surface area (Å²) >= 11 is 13.1. The van der Waals surface area contributed by atoms with Gasteiger partial charge in [-0.05, 0) is 48.9 Å². The van der Waals surface area contributed by atoms with Gasteiger partial charge in [0.15, 0.2) is 0 Å². The molecule has 2 aliphatic carbocycles. The second-order valence-corrected chi connectivity index (χ2v) is 10.9. The van der Waals surface area contributed by atoms with Crippen LogP contribution in [0.3, 0.4) is 0 Å². The number of aromatic nitrogens is 2. The Morgan fingerprint density at radius 3 is 2.67 bits per heavy atom. The smallest absolute Gasteiger partial charge is 0.117 e. The molecule has 2 unspecified atom stereocenters. The fraction of sp³-hybridized carbons (Fsp3) is 0.320. The van der Waals surface area contributed by atoms with Crippen LogP contribution in [0.15, 0.2) is 53.2 Å². The quantitative estimate of drug-likeness (QED) is 0.383. The summed E-state index contributed by atoms with van der Waals surface area (Å²) in [5.41, 5.74) is 2.75. The molecule has 8 heteroatoms. The lowest BCUT2D eigenvalue weighted by Crippen LogP contribution is -2.08. The number of allylic oxidation sites excluding steroid dienone is 4. The number of rotatable bonds is 7. The van der Waals surface area contributed by atoms with Gasteiger partial charge in [-0.1, -0.05) is 47.5 Å². The third kappa shape index (κ3) is 4.54. The molecule has 3 aromatic rings. The van der Waals surface area contributed by atoms with Crippen molar-refractivity contribution in [1.29, 1.82) is 0 Å². The summed E-state index contributed by atoms with van der Waals surface area (Å²) in [6, 6.07) is 9.15. The number of aliphatic hydroxyl groups is 1. The van der Waals surface area contributed by atoms with Gasteiger partial charge in [0.2, 0.25) is 0 Å². The van der Waals surface area contributed by atoms with E-state index in [1.807, 2.05) is 30.3 Å². The van der Waals surface area contributed by atoms with Crippen molar-refractivity contribution in [2.75, 3.05) is 12.4 Å². The highest BCUT2D eigenvalue weighted by Crippen LogP contribution is 2.41. The van der Waals surface area contributed by atoms with E-state index in [-0.39, 0.29) is 17.5 Å². The first-order chi connectivity index (χ1) is 16.0. The zero-order valence-electron chi connectivity index (χ0n) is 17.8. The summed E-state index contributed by atoms with van der Waals surface area (Å²) < 4.78 is 27.0. The fourth-order valence-corrected chi connectivity index (χ4v) is 6.26. The number of halogens is 3. The molecule has 1 saturated carbocycles. The summed E-state index contributed by atoms with van der Waals surface area (Å²) in [7, 11) is -1.00. The van der Waals surface area contributed by atoms with Crippen molar-refractivity contribution in [2.24, 2.45) is 5.92 Å². The van der Waals surface area contributed by atoms with Gasteiger partial charge in [-0.2, -0.15) is 0 Å². The molecule has 2 aromatic carbocycles. The number of fused-ring (bicyclic) bond motifs is 1. The van der Waals surface area contributed by atoms with Crippen molar-refractivity contribution in [3.8, 4) is 0 Å². The van der Waals surface area contributed by atoms with Crippen LogP contribution in [0.4, 0.5) is 4.39 Å². The molecule has 2 atom stereocenters. The number of benzene rings is 2. The number of aliphatic hydroxyl groups excluding tert-OH is 1. The molecule has 0 radical (unpaired) electrons. The standard InChI is InChI=1S/C25H23Cl2FN2O2S/c26-19-11-21-24(23(27)22(19)17-3-1-2-4-20(17)28)30-25(29-21)18(12-31)15-7-9-16(10-8-15)33(32)13-14-5-6-14/h1,3,7-11,14,18,31H,2,4-6,12-13H2,(H,29,30). The number of imidazole rings is 1. The molecule has 0 spiro atoms. The van der Waals surface area contributed by atoms with Gasteiger partial charge in [0.05, 0.1) is 38.9 Å². The van der Waals surface area contributed by atoms with Gasteiger partial charge in [0.25, 0.3) is 0 Å². The van der Waals surface area contributed by atoms with E-state index in [1.54, 1.807) is 12.1 Å². The van der Waals surface area contributed by atoms with Crippen molar-refractivity contribution < 1.29 is 13.7 Å². The average molecular weight is 505 g/mol. The number of nitrogens with zero attached hydrogens (tertiary/aromatic N) is 1. The lowest BCUT2D eigenvalue weighted by atomic mass is 9.98. The maximum Gasteiger partial charge on any atom is 0.117 e.